The van der Waals surface area contributed by atoms with E-state index in [1.165, 1.54) is 23.5 Å². The number of nitrogens with zero attached hydrogens (tertiary/aromatic N) is 2. The van der Waals surface area contributed by atoms with Gasteiger partial charge in [-0.25, -0.2) is 9.37 Å². The minimum Gasteiger partial charge on any atom is -0.376 e. The van der Waals surface area contributed by atoms with Crippen molar-refractivity contribution in [3.63, 3.8) is 0 Å². The molecule has 1 aromatic carbocycles. The van der Waals surface area contributed by atoms with Gasteiger partial charge >= 0.3 is 0 Å². The molecule has 1 atom stereocenters. The van der Waals surface area contributed by atoms with E-state index in [9.17, 15) is 9.18 Å². The summed E-state index contributed by atoms with van der Waals surface area (Å²) < 4.78 is 19.4. The van der Waals surface area contributed by atoms with Gasteiger partial charge in [0.2, 0.25) is 0 Å². The van der Waals surface area contributed by atoms with E-state index in [1.807, 2.05) is 30.5 Å². The lowest BCUT2D eigenvalue weighted by Gasteiger charge is -2.25. The number of aryl methyl sites for hydroxylation is 1. The van der Waals surface area contributed by atoms with Crippen molar-refractivity contribution in [2.45, 2.75) is 32.4 Å². The zero-order valence-corrected chi connectivity index (χ0v) is 17.2. The molecule has 2 aromatic heterocycles. The van der Waals surface area contributed by atoms with Gasteiger partial charge < -0.3 is 9.64 Å². The van der Waals surface area contributed by atoms with E-state index in [1.54, 1.807) is 22.3 Å². The Hall–Kier alpha value is -2.09. The maximum atomic E-state index is 13.6. The molecule has 3 aromatic rings. The number of benzene rings is 1. The van der Waals surface area contributed by atoms with E-state index in [0.29, 0.717) is 18.0 Å². The van der Waals surface area contributed by atoms with Crippen LogP contribution in [0.25, 0.3) is 9.88 Å². The lowest BCUT2D eigenvalue weighted by atomic mass is 10.1. The molecule has 7 heteroatoms. The molecule has 3 heterocycles. The van der Waals surface area contributed by atoms with E-state index >= 15 is 0 Å². The molecule has 1 amide bonds. The summed E-state index contributed by atoms with van der Waals surface area (Å²) in [4.78, 5) is 21.4. The predicted octanol–water partition coefficient (Wildman–Crippen LogP) is 5.14. The summed E-state index contributed by atoms with van der Waals surface area (Å²) in [6.07, 6.45) is 1.98. The van der Waals surface area contributed by atoms with Crippen LogP contribution in [0.3, 0.4) is 0 Å². The van der Waals surface area contributed by atoms with Gasteiger partial charge in [-0.3, -0.25) is 4.79 Å². The fourth-order valence-corrected chi connectivity index (χ4v) is 5.18. The third-order valence-electron chi connectivity index (χ3n) is 4.72. The molecule has 0 N–H and O–H groups in total. The number of thiophene rings is 1. The van der Waals surface area contributed by atoms with Gasteiger partial charge in [-0.2, -0.15) is 0 Å². The van der Waals surface area contributed by atoms with E-state index in [0.717, 1.165) is 40.6 Å². The van der Waals surface area contributed by atoms with Gasteiger partial charge in [0.05, 0.1) is 16.7 Å². The van der Waals surface area contributed by atoms with Gasteiger partial charge in [0, 0.05) is 19.7 Å². The molecular weight excluding hydrogens is 395 g/mol. The Kier molecular flexibility index (Phi) is 5.85. The molecule has 4 nitrogen and oxygen atoms in total. The SMILES string of the molecule is Cc1nc(-c2cccs2)sc1C(=O)N(Cc1cccc(F)c1)CC1CCCO1. The molecular formula is C21H21FN2O2S2. The number of carbonyl (C=O) groups is 1. The van der Waals surface area contributed by atoms with Crippen molar-refractivity contribution in [3.05, 3.63) is 63.7 Å². The number of halogens is 1. The van der Waals surface area contributed by atoms with Crippen molar-refractivity contribution < 1.29 is 13.9 Å². The number of thiazole rings is 1. The smallest absolute Gasteiger partial charge is 0.266 e. The molecule has 1 aliphatic rings. The second kappa shape index (κ2) is 8.51. The molecule has 28 heavy (non-hydrogen) atoms. The van der Waals surface area contributed by atoms with Crippen molar-refractivity contribution in [3.8, 4) is 9.88 Å². The number of carbonyl (C=O) groups excluding carboxylic acids is 1. The highest BCUT2D eigenvalue weighted by Gasteiger charge is 2.27. The first kappa shape index (κ1) is 19.2. The van der Waals surface area contributed by atoms with Crippen LogP contribution in [0.4, 0.5) is 4.39 Å². The third kappa shape index (κ3) is 4.32. The van der Waals surface area contributed by atoms with E-state index in [-0.39, 0.29) is 17.8 Å². The topological polar surface area (TPSA) is 42.4 Å². The second-order valence-electron chi connectivity index (χ2n) is 6.86. The van der Waals surface area contributed by atoms with Gasteiger partial charge in [-0.15, -0.1) is 22.7 Å². The fraction of sp³-hybridized carbons (Fsp3) is 0.333. The highest BCUT2D eigenvalue weighted by Crippen LogP contribution is 2.32. The van der Waals surface area contributed by atoms with E-state index in [4.69, 9.17) is 4.74 Å². The van der Waals surface area contributed by atoms with Crippen LogP contribution >= 0.6 is 22.7 Å². The molecule has 146 valence electrons. The molecule has 1 aliphatic heterocycles. The van der Waals surface area contributed by atoms with Crippen molar-refractivity contribution in [1.82, 2.24) is 9.88 Å². The van der Waals surface area contributed by atoms with Crippen molar-refractivity contribution >= 4 is 28.6 Å². The van der Waals surface area contributed by atoms with Crippen LogP contribution in [0.5, 0.6) is 0 Å². The zero-order valence-electron chi connectivity index (χ0n) is 15.6. The van der Waals surface area contributed by atoms with Crippen LogP contribution < -0.4 is 0 Å². The van der Waals surface area contributed by atoms with Crippen LogP contribution in [0.2, 0.25) is 0 Å². The van der Waals surface area contributed by atoms with Crippen LogP contribution in [-0.2, 0) is 11.3 Å². The molecule has 0 spiro atoms. The first-order valence-electron chi connectivity index (χ1n) is 9.27. The van der Waals surface area contributed by atoms with Crippen molar-refractivity contribution in [1.29, 1.82) is 0 Å². The Morgan fingerprint density at radius 2 is 2.25 bits per heavy atom. The monoisotopic (exact) mass is 416 g/mol. The first-order chi connectivity index (χ1) is 13.6. The Balaban J connectivity index is 1.60. The zero-order chi connectivity index (χ0) is 19.5. The summed E-state index contributed by atoms with van der Waals surface area (Å²) in [7, 11) is 0. The lowest BCUT2D eigenvalue weighted by molar-refractivity contribution is 0.0510. The average Bonchev–Trinajstić information content (AvgIpc) is 3.42. The summed E-state index contributed by atoms with van der Waals surface area (Å²) in [5.74, 6) is -0.367. The van der Waals surface area contributed by atoms with Crippen LogP contribution in [0.15, 0.2) is 41.8 Å². The number of amides is 1. The maximum absolute atomic E-state index is 13.6. The molecule has 0 aliphatic carbocycles. The van der Waals surface area contributed by atoms with Gasteiger partial charge in [0.25, 0.3) is 5.91 Å². The number of aromatic nitrogens is 1. The average molecular weight is 417 g/mol. The molecule has 1 fully saturated rings. The number of rotatable bonds is 6. The number of hydrogen-bond acceptors (Lipinski definition) is 5. The maximum Gasteiger partial charge on any atom is 0.266 e. The molecule has 1 unspecified atom stereocenters. The minimum atomic E-state index is -0.295. The number of hydrogen-bond donors (Lipinski definition) is 0. The molecule has 1 saturated heterocycles. The molecule has 0 saturated carbocycles. The number of ether oxygens (including phenoxy) is 1. The third-order valence-corrected chi connectivity index (χ3v) is 6.90. The minimum absolute atomic E-state index is 0.0301. The highest BCUT2D eigenvalue weighted by atomic mass is 32.1. The molecule has 0 bridgehead atoms. The predicted molar refractivity (Wildman–Crippen MR) is 110 cm³/mol. The molecule has 0 radical (unpaired) electrons. The summed E-state index contributed by atoms with van der Waals surface area (Å²) in [6, 6.07) is 10.4. The Morgan fingerprint density at radius 1 is 1.36 bits per heavy atom. The largest absolute Gasteiger partial charge is 0.376 e. The van der Waals surface area contributed by atoms with Crippen LogP contribution in [-0.4, -0.2) is 35.0 Å². The standard InChI is InChI=1S/C21H21FN2O2S2/c1-14-19(28-20(23-14)18-8-4-10-27-18)21(25)24(13-17-7-3-9-26-17)12-15-5-2-6-16(22)11-15/h2,4-6,8,10-11,17H,3,7,9,12-13H2,1H3. The summed E-state index contributed by atoms with van der Waals surface area (Å²) in [6.45, 7) is 3.45. The van der Waals surface area contributed by atoms with Gasteiger partial charge in [-0.1, -0.05) is 18.2 Å². The van der Waals surface area contributed by atoms with Crippen LogP contribution in [0, 0.1) is 12.7 Å². The van der Waals surface area contributed by atoms with Crippen LogP contribution in [0.1, 0.15) is 33.8 Å². The van der Waals surface area contributed by atoms with E-state index in [2.05, 4.69) is 4.98 Å². The normalized spacial score (nSPS) is 16.4. The van der Waals surface area contributed by atoms with Gasteiger partial charge in [0.15, 0.2) is 0 Å². The van der Waals surface area contributed by atoms with E-state index < -0.39 is 0 Å². The lowest BCUT2D eigenvalue weighted by Crippen LogP contribution is -2.36. The summed E-state index contributed by atoms with van der Waals surface area (Å²) >= 11 is 3.03. The first-order valence-corrected chi connectivity index (χ1v) is 11.0. The van der Waals surface area contributed by atoms with Crippen molar-refractivity contribution in [2.75, 3.05) is 13.2 Å². The second-order valence-corrected chi connectivity index (χ2v) is 8.81. The Bertz CT molecular complexity index is 949. The van der Waals surface area contributed by atoms with Gasteiger partial charge in [0.1, 0.15) is 15.7 Å². The quantitative estimate of drug-likeness (QED) is 0.559. The summed E-state index contributed by atoms with van der Waals surface area (Å²) in [5.41, 5.74) is 1.50. The Labute approximate surface area is 171 Å². The van der Waals surface area contributed by atoms with Crippen molar-refractivity contribution in [2.24, 2.45) is 0 Å². The van der Waals surface area contributed by atoms with Gasteiger partial charge in [-0.05, 0) is 48.9 Å². The summed E-state index contributed by atoms with van der Waals surface area (Å²) in [5, 5.41) is 2.86. The molecule has 4 rings (SSSR count). The highest BCUT2D eigenvalue weighted by molar-refractivity contribution is 7.22. The fourth-order valence-electron chi connectivity index (χ4n) is 3.35. The Morgan fingerprint density at radius 3 is 2.96 bits per heavy atom.